The lowest BCUT2D eigenvalue weighted by atomic mass is 9.98. The van der Waals surface area contributed by atoms with Gasteiger partial charge in [-0.15, -0.1) is 0 Å². The maximum absolute atomic E-state index is 5.28. The van der Waals surface area contributed by atoms with Gasteiger partial charge in [-0.25, -0.2) is 0 Å². The summed E-state index contributed by atoms with van der Waals surface area (Å²) in [5.41, 5.74) is 0.143. The zero-order valence-corrected chi connectivity index (χ0v) is 10.1. The van der Waals surface area contributed by atoms with E-state index in [0.29, 0.717) is 12.1 Å². The third-order valence-electron chi connectivity index (χ3n) is 3.04. The first kappa shape index (κ1) is 12.0. The highest BCUT2D eigenvalue weighted by Crippen LogP contribution is 2.20. The van der Waals surface area contributed by atoms with Crippen LogP contribution in [0.5, 0.6) is 0 Å². The largest absolute Gasteiger partial charge is 0.383 e. The van der Waals surface area contributed by atoms with Gasteiger partial charge < -0.3 is 10.1 Å². The molecule has 3 heteroatoms. The van der Waals surface area contributed by atoms with Gasteiger partial charge in [-0.05, 0) is 27.7 Å². The summed E-state index contributed by atoms with van der Waals surface area (Å²) in [5.74, 6) is 0. The Kier molecular flexibility index (Phi) is 3.93. The van der Waals surface area contributed by atoms with E-state index in [0.717, 1.165) is 19.7 Å². The second kappa shape index (κ2) is 4.60. The van der Waals surface area contributed by atoms with Crippen LogP contribution in [0.15, 0.2) is 0 Å². The van der Waals surface area contributed by atoms with Gasteiger partial charge in [-0.3, -0.25) is 4.90 Å². The quantitative estimate of drug-likeness (QED) is 0.738. The zero-order chi connectivity index (χ0) is 10.8. The van der Waals surface area contributed by atoms with Crippen LogP contribution < -0.4 is 5.32 Å². The molecule has 1 heterocycles. The minimum Gasteiger partial charge on any atom is -0.383 e. The topological polar surface area (TPSA) is 24.5 Å². The van der Waals surface area contributed by atoms with E-state index in [2.05, 4.69) is 37.9 Å². The number of nitrogens with zero attached hydrogens (tertiary/aromatic N) is 1. The molecule has 3 nitrogen and oxygen atoms in total. The number of hydrogen-bond acceptors (Lipinski definition) is 3. The standard InChI is InChI=1S/C11H24N2O/c1-9-7-13(10(2)6-12-9)11(3,4)8-14-5/h9-10,12H,6-8H2,1-5H3. The third-order valence-corrected chi connectivity index (χ3v) is 3.04. The predicted molar refractivity (Wildman–Crippen MR) is 59.6 cm³/mol. The molecule has 0 aromatic rings. The molecule has 1 aliphatic heterocycles. The van der Waals surface area contributed by atoms with Crippen molar-refractivity contribution in [2.45, 2.75) is 45.3 Å². The van der Waals surface area contributed by atoms with Crippen LogP contribution in [0.2, 0.25) is 0 Å². The van der Waals surface area contributed by atoms with Crippen LogP contribution in [-0.4, -0.2) is 49.3 Å². The highest BCUT2D eigenvalue weighted by Gasteiger charge is 2.33. The summed E-state index contributed by atoms with van der Waals surface area (Å²) < 4.78 is 5.28. The highest BCUT2D eigenvalue weighted by molar-refractivity contribution is 4.91. The lowest BCUT2D eigenvalue weighted by molar-refractivity contribution is -0.00966. The van der Waals surface area contributed by atoms with Crippen LogP contribution in [-0.2, 0) is 4.74 Å². The summed E-state index contributed by atoms with van der Waals surface area (Å²) in [7, 11) is 1.78. The van der Waals surface area contributed by atoms with E-state index in [4.69, 9.17) is 4.74 Å². The summed E-state index contributed by atoms with van der Waals surface area (Å²) >= 11 is 0. The molecule has 14 heavy (non-hydrogen) atoms. The van der Waals surface area contributed by atoms with Crippen LogP contribution in [0.25, 0.3) is 0 Å². The maximum Gasteiger partial charge on any atom is 0.0641 e. The van der Waals surface area contributed by atoms with Gasteiger partial charge in [0.05, 0.1) is 6.61 Å². The van der Waals surface area contributed by atoms with Crippen molar-refractivity contribution < 1.29 is 4.74 Å². The molecule has 0 radical (unpaired) electrons. The first-order chi connectivity index (χ1) is 6.47. The lowest BCUT2D eigenvalue weighted by Crippen LogP contribution is -2.62. The molecule has 1 N–H and O–H groups in total. The molecular weight excluding hydrogens is 176 g/mol. The molecule has 1 aliphatic rings. The number of nitrogens with one attached hydrogen (secondary N) is 1. The summed E-state index contributed by atoms with van der Waals surface area (Å²) in [5, 5.41) is 3.49. The van der Waals surface area contributed by atoms with Gasteiger partial charge >= 0.3 is 0 Å². The van der Waals surface area contributed by atoms with E-state index in [-0.39, 0.29) is 5.54 Å². The van der Waals surface area contributed by atoms with E-state index in [9.17, 15) is 0 Å². The van der Waals surface area contributed by atoms with Gasteiger partial charge in [0.2, 0.25) is 0 Å². The highest BCUT2D eigenvalue weighted by atomic mass is 16.5. The van der Waals surface area contributed by atoms with Gasteiger partial charge in [0.25, 0.3) is 0 Å². The third kappa shape index (κ3) is 2.69. The first-order valence-corrected chi connectivity index (χ1v) is 5.46. The van der Waals surface area contributed by atoms with Crippen LogP contribution in [0.4, 0.5) is 0 Å². The molecule has 2 atom stereocenters. The molecule has 0 aliphatic carbocycles. The molecule has 1 rings (SSSR count). The van der Waals surface area contributed by atoms with Gasteiger partial charge in [0.1, 0.15) is 0 Å². The second-order valence-corrected chi connectivity index (χ2v) is 5.06. The predicted octanol–water partition coefficient (Wildman–Crippen LogP) is 1.09. The molecular formula is C11H24N2O. The van der Waals surface area contributed by atoms with Crippen molar-refractivity contribution >= 4 is 0 Å². The molecule has 0 aromatic heterocycles. The number of rotatable bonds is 3. The van der Waals surface area contributed by atoms with E-state index >= 15 is 0 Å². The van der Waals surface area contributed by atoms with Gasteiger partial charge in [-0.1, -0.05) is 0 Å². The molecule has 0 aromatic carbocycles. The lowest BCUT2D eigenvalue weighted by Gasteiger charge is -2.47. The summed E-state index contributed by atoms with van der Waals surface area (Å²) in [4.78, 5) is 2.54. The van der Waals surface area contributed by atoms with Crippen LogP contribution in [0.1, 0.15) is 27.7 Å². The Labute approximate surface area is 87.8 Å². The smallest absolute Gasteiger partial charge is 0.0641 e. The summed E-state index contributed by atoms with van der Waals surface area (Å²) in [6.07, 6.45) is 0. The Morgan fingerprint density at radius 3 is 2.64 bits per heavy atom. The Morgan fingerprint density at radius 1 is 1.43 bits per heavy atom. The van der Waals surface area contributed by atoms with Crippen molar-refractivity contribution in [3.63, 3.8) is 0 Å². The van der Waals surface area contributed by atoms with Crippen molar-refractivity contribution in [2.75, 3.05) is 26.8 Å². The van der Waals surface area contributed by atoms with Crippen LogP contribution >= 0.6 is 0 Å². The molecule has 0 bridgehead atoms. The molecule has 0 saturated carbocycles. The SMILES string of the molecule is COCC(C)(C)N1CC(C)NCC1C. The van der Waals surface area contributed by atoms with Gasteiger partial charge in [0.15, 0.2) is 0 Å². The number of ether oxygens (including phenoxy) is 1. The van der Waals surface area contributed by atoms with Crippen molar-refractivity contribution in [3.8, 4) is 0 Å². The normalized spacial score (nSPS) is 30.6. The number of hydrogen-bond donors (Lipinski definition) is 1. The van der Waals surface area contributed by atoms with E-state index in [1.165, 1.54) is 0 Å². The van der Waals surface area contributed by atoms with E-state index < -0.39 is 0 Å². The molecule has 84 valence electrons. The van der Waals surface area contributed by atoms with Crippen LogP contribution in [0, 0.1) is 0 Å². The summed E-state index contributed by atoms with van der Waals surface area (Å²) in [6, 6.07) is 1.18. The molecule has 0 spiro atoms. The van der Waals surface area contributed by atoms with E-state index in [1.54, 1.807) is 7.11 Å². The average molecular weight is 200 g/mol. The monoisotopic (exact) mass is 200 g/mol. The maximum atomic E-state index is 5.28. The Morgan fingerprint density at radius 2 is 2.07 bits per heavy atom. The number of piperazine rings is 1. The minimum atomic E-state index is 0.143. The van der Waals surface area contributed by atoms with Crippen molar-refractivity contribution in [2.24, 2.45) is 0 Å². The van der Waals surface area contributed by atoms with Crippen molar-refractivity contribution in [1.29, 1.82) is 0 Å². The van der Waals surface area contributed by atoms with E-state index in [1.807, 2.05) is 0 Å². The second-order valence-electron chi connectivity index (χ2n) is 5.06. The first-order valence-electron chi connectivity index (χ1n) is 5.46. The van der Waals surface area contributed by atoms with Crippen molar-refractivity contribution in [1.82, 2.24) is 10.2 Å². The average Bonchev–Trinajstić information content (AvgIpc) is 2.09. The fraction of sp³-hybridized carbons (Fsp3) is 1.00. The van der Waals surface area contributed by atoms with Gasteiger partial charge in [0, 0.05) is 37.8 Å². The molecule has 0 amide bonds. The Balaban J connectivity index is 2.63. The molecule has 2 unspecified atom stereocenters. The van der Waals surface area contributed by atoms with Crippen LogP contribution in [0.3, 0.4) is 0 Å². The molecule has 1 saturated heterocycles. The summed E-state index contributed by atoms with van der Waals surface area (Å²) in [6.45, 7) is 12.0. The number of methoxy groups -OCH3 is 1. The Bertz CT molecular complexity index is 182. The molecule has 1 fully saturated rings. The van der Waals surface area contributed by atoms with Crippen molar-refractivity contribution in [3.05, 3.63) is 0 Å². The zero-order valence-electron chi connectivity index (χ0n) is 10.1. The Hall–Kier alpha value is -0.120. The minimum absolute atomic E-state index is 0.143. The fourth-order valence-electron chi connectivity index (χ4n) is 2.30. The van der Waals surface area contributed by atoms with Gasteiger partial charge in [-0.2, -0.15) is 0 Å². The fourth-order valence-corrected chi connectivity index (χ4v) is 2.30.